The van der Waals surface area contributed by atoms with E-state index in [1.54, 1.807) is 0 Å². The average molecular weight is 337 g/mol. The van der Waals surface area contributed by atoms with Gasteiger partial charge < -0.3 is 15.4 Å². The Bertz CT molecular complexity index is 755. The lowest BCUT2D eigenvalue weighted by molar-refractivity contribution is 0.336. The fourth-order valence-corrected chi connectivity index (χ4v) is 3.26. The predicted octanol–water partition coefficient (Wildman–Crippen LogP) is 3.40. The predicted molar refractivity (Wildman–Crippen MR) is 103 cm³/mol. The first-order valence-electron chi connectivity index (χ1n) is 8.96. The highest BCUT2D eigenvalue weighted by molar-refractivity contribution is 5.79. The molecule has 0 fully saturated rings. The van der Waals surface area contributed by atoms with Gasteiger partial charge in [-0.1, -0.05) is 36.4 Å². The Morgan fingerprint density at radius 1 is 1.20 bits per heavy atom. The molecule has 0 aliphatic heterocycles. The van der Waals surface area contributed by atoms with Gasteiger partial charge in [-0.05, 0) is 43.0 Å². The molecule has 3 rings (SSSR count). The summed E-state index contributed by atoms with van der Waals surface area (Å²) in [6.07, 6.45) is 1.15. The van der Waals surface area contributed by atoms with Gasteiger partial charge in [-0.2, -0.15) is 0 Å². The molecule has 132 valence electrons. The maximum absolute atomic E-state index is 5.75. The van der Waals surface area contributed by atoms with Crippen LogP contribution >= 0.6 is 0 Å². The Kier molecular flexibility index (Phi) is 5.59. The van der Waals surface area contributed by atoms with Gasteiger partial charge >= 0.3 is 0 Å². The Morgan fingerprint density at radius 2 is 2.04 bits per heavy atom. The molecule has 0 spiro atoms. The van der Waals surface area contributed by atoms with E-state index in [-0.39, 0.29) is 0 Å². The van der Waals surface area contributed by atoms with Crippen LogP contribution in [-0.4, -0.2) is 26.2 Å². The lowest BCUT2D eigenvalue weighted by Gasteiger charge is -2.30. The van der Waals surface area contributed by atoms with Gasteiger partial charge in [-0.3, -0.25) is 4.99 Å². The van der Waals surface area contributed by atoms with Gasteiger partial charge in [-0.15, -0.1) is 0 Å². The summed E-state index contributed by atoms with van der Waals surface area (Å²) in [4.78, 5) is 4.34. The highest BCUT2D eigenvalue weighted by Gasteiger charge is 2.25. The largest absolute Gasteiger partial charge is 0.494 e. The molecule has 0 aromatic heterocycles. The molecule has 1 aliphatic carbocycles. The Balaban J connectivity index is 1.54. The third-order valence-electron chi connectivity index (χ3n) is 4.67. The Morgan fingerprint density at radius 3 is 2.80 bits per heavy atom. The summed E-state index contributed by atoms with van der Waals surface area (Å²) >= 11 is 0. The Labute approximate surface area is 150 Å². The molecule has 4 nitrogen and oxygen atoms in total. The number of guanidine groups is 1. The van der Waals surface area contributed by atoms with E-state index >= 15 is 0 Å². The summed E-state index contributed by atoms with van der Waals surface area (Å²) < 4.78 is 5.75. The van der Waals surface area contributed by atoms with Crippen molar-refractivity contribution in [1.82, 2.24) is 10.6 Å². The minimum atomic E-state index is 0.577. The zero-order valence-electron chi connectivity index (χ0n) is 15.3. The standard InChI is InChI=1S/C21H27N3O/c1-4-25-20-11-15(2)9-10-17(20)13-23-21(22-3)24-14-18-12-16-7-5-6-8-19(16)18/h5-11,18H,4,12-14H2,1-3H3,(H2,22,23,24). The summed E-state index contributed by atoms with van der Waals surface area (Å²) in [5, 5.41) is 6.83. The van der Waals surface area contributed by atoms with Crippen molar-refractivity contribution in [3.05, 3.63) is 64.7 Å². The summed E-state index contributed by atoms with van der Waals surface area (Å²) in [6, 6.07) is 15.0. The first-order chi connectivity index (χ1) is 12.2. The fraction of sp³-hybridized carbons (Fsp3) is 0.381. The summed E-state index contributed by atoms with van der Waals surface area (Å²) in [6.45, 7) is 6.36. The molecular formula is C21H27N3O. The molecule has 0 bridgehead atoms. The van der Waals surface area contributed by atoms with Crippen LogP contribution in [0.15, 0.2) is 47.5 Å². The van der Waals surface area contributed by atoms with Crippen LogP contribution < -0.4 is 15.4 Å². The van der Waals surface area contributed by atoms with Gasteiger partial charge in [0.25, 0.3) is 0 Å². The van der Waals surface area contributed by atoms with E-state index < -0.39 is 0 Å². The molecule has 0 amide bonds. The van der Waals surface area contributed by atoms with Gasteiger partial charge in [0.05, 0.1) is 6.61 Å². The SMILES string of the molecule is CCOc1cc(C)ccc1CNC(=NC)NCC1Cc2ccccc21. The molecule has 0 saturated carbocycles. The molecule has 0 heterocycles. The fourth-order valence-electron chi connectivity index (χ4n) is 3.26. The molecule has 2 N–H and O–H groups in total. The second-order valence-corrected chi connectivity index (χ2v) is 6.45. The summed E-state index contributed by atoms with van der Waals surface area (Å²) in [5.41, 5.74) is 5.28. The monoisotopic (exact) mass is 337 g/mol. The number of hydrogen-bond donors (Lipinski definition) is 2. The lowest BCUT2D eigenvalue weighted by Crippen LogP contribution is -2.40. The number of nitrogens with one attached hydrogen (secondary N) is 2. The average Bonchev–Trinajstić information content (AvgIpc) is 2.60. The molecule has 2 aromatic carbocycles. The third-order valence-corrected chi connectivity index (χ3v) is 4.67. The number of nitrogens with zero attached hydrogens (tertiary/aromatic N) is 1. The number of benzene rings is 2. The summed E-state index contributed by atoms with van der Waals surface area (Å²) in [7, 11) is 1.81. The van der Waals surface area contributed by atoms with Crippen molar-refractivity contribution in [3.63, 3.8) is 0 Å². The van der Waals surface area contributed by atoms with Crippen LogP contribution in [0.25, 0.3) is 0 Å². The zero-order valence-corrected chi connectivity index (χ0v) is 15.3. The van der Waals surface area contributed by atoms with Gasteiger partial charge in [0.15, 0.2) is 5.96 Å². The topological polar surface area (TPSA) is 45.6 Å². The minimum absolute atomic E-state index is 0.577. The van der Waals surface area contributed by atoms with Crippen LogP contribution in [-0.2, 0) is 13.0 Å². The molecular weight excluding hydrogens is 310 g/mol. The van der Waals surface area contributed by atoms with Gasteiger partial charge in [0.2, 0.25) is 0 Å². The van der Waals surface area contributed by atoms with Crippen molar-refractivity contribution in [1.29, 1.82) is 0 Å². The third kappa shape index (κ3) is 4.13. The van der Waals surface area contributed by atoms with E-state index in [1.807, 2.05) is 14.0 Å². The molecule has 0 saturated heterocycles. The number of aliphatic imine (C=N–C) groups is 1. The van der Waals surface area contributed by atoms with Gasteiger partial charge in [0.1, 0.15) is 5.75 Å². The van der Waals surface area contributed by atoms with Gasteiger partial charge in [0, 0.05) is 31.6 Å². The number of ether oxygens (including phenoxy) is 1. The molecule has 1 aliphatic rings. The summed E-state index contributed by atoms with van der Waals surface area (Å²) in [5.74, 6) is 2.35. The number of hydrogen-bond acceptors (Lipinski definition) is 2. The molecule has 2 aromatic rings. The highest BCUT2D eigenvalue weighted by atomic mass is 16.5. The van der Waals surface area contributed by atoms with Crippen molar-refractivity contribution in [3.8, 4) is 5.75 Å². The molecule has 1 atom stereocenters. The van der Waals surface area contributed by atoms with E-state index in [9.17, 15) is 0 Å². The second kappa shape index (κ2) is 8.06. The van der Waals surface area contributed by atoms with Crippen LogP contribution in [0.2, 0.25) is 0 Å². The minimum Gasteiger partial charge on any atom is -0.494 e. The number of aryl methyl sites for hydroxylation is 1. The van der Waals surface area contributed by atoms with E-state index in [4.69, 9.17) is 4.74 Å². The Hall–Kier alpha value is -2.49. The van der Waals surface area contributed by atoms with Gasteiger partial charge in [-0.25, -0.2) is 0 Å². The van der Waals surface area contributed by atoms with Crippen molar-refractivity contribution in [2.24, 2.45) is 4.99 Å². The quantitative estimate of drug-likeness (QED) is 0.627. The van der Waals surface area contributed by atoms with Crippen LogP contribution in [0.1, 0.15) is 35.1 Å². The first-order valence-corrected chi connectivity index (χ1v) is 8.96. The molecule has 4 heteroatoms. The first kappa shape index (κ1) is 17.3. The van der Waals surface area contributed by atoms with E-state index in [0.717, 1.165) is 30.2 Å². The lowest BCUT2D eigenvalue weighted by atomic mass is 9.78. The van der Waals surface area contributed by atoms with Crippen molar-refractivity contribution in [2.45, 2.75) is 32.7 Å². The van der Waals surface area contributed by atoms with Crippen molar-refractivity contribution in [2.75, 3.05) is 20.2 Å². The molecule has 25 heavy (non-hydrogen) atoms. The smallest absolute Gasteiger partial charge is 0.191 e. The molecule has 1 unspecified atom stereocenters. The second-order valence-electron chi connectivity index (χ2n) is 6.45. The van der Waals surface area contributed by atoms with E-state index in [0.29, 0.717) is 19.1 Å². The highest BCUT2D eigenvalue weighted by Crippen LogP contribution is 2.33. The van der Waals surface area contributed by atoms with Crippen LogP contribution in [0.5, 0.6) is 5.75 Å². The van der Waals surface area contributed by atoms with E-state index in [1.165, 1.54) is 16.7 Å². The van der Waals surface area contributed by atoms with Crippen LogP contribution in [0, 0.1) is 6.92 Å². The molecule has 0 radical (unpaired) electrons. The maximum Gasteiger partial charge on any atom is 0.191 e. The number of fused-ring (bicyclic) bond motifs is 1. The zero-order chi connectivity index (χ0) is 17.6. The van der Waals surface area contributed by atoms with Crippen LogP contribution in [0.4, 0.5) is 0 Å². The van der Waals surface area contributed by atoms with Crippen molar-refractivity contribution < 1.29 is 4.74 Å². The van der Waals surface area contributed by atoms with Crippen molar-refractivity contribution >= 4 is 5.96 Å². The number of rotatable bonds is 6. The normalized spacial score (nSPS) is 16.0. The van der Waals surface area contributed by atoms with E-state index in [2.05, 4.69) is 65.0 Å². The van der Waals surface area contributed by atoms with Crippen LogP contribution in [0.3, 0.4) is 0 Å². The maximum atomic E-state index is 5.75.